The molecule has 0 spiro atoms. The van der Waals surface area contributed by atoms with Crippen molar-refractivity contribution in [2.24, 2.45) is 5.73 Å². The fourth-order valence-corrected chi connectivity index (χ4v) is 1.46. The van der Waals surface area contributed by atoms with Crippen LogP contribution in [0.3, 0.4) is 0 Å². The van der Waals surface area contributed by atoms with E-state index in [1.165, 1.54) is 7.11 Å². The Labute approximate surface area is 102 Å². The van der Waals surface area contributed by atoms with Gasteiger partial charge in [-0.2, -0.15) is 5.26 Å². The fourth-order valence-electron chi connectivity index (χ4n) is 1.46. The maximum Gasteiger partial charge on any atom is 0.309 e. The molecule has 0 atom stereocenters. The maximum absolute atomic E-state index is 12.6. The van der Waals surface area contributed by atoms with Crippen molar-refractivity contribution in [1.29, 1.82) is 5.26 Å². The van der Waals surface area contributed by atoms with Gasteiger partial charge in [0.05, 0.1) is 13.5 Å². The van der Waals surface area contributed by atoms with Crippen molar-refractivity contribution >= 4 is 5.97 Å². The third-order valence-electron chi connectivity index (χ3n) is 2.33. The van der Waals surface area contributed by atoms with Crippen LogP contribution < -0.4 is 5.73 Å². The predicted molar refractivity (Wildman–Crippen MR) is 57.5 cm³/mol. The van der Waals surface area contributed by atoms with Gasteiger partial charge in [-0.15, -0.1) is 0 Å². The molecule has 0 aliphatic rings. The summed E-state index contributed by atoms with van der Waals surface area (Å²) >= 11 is 0. The molecule has 1 heterocycles. The highest BCUT2D eigenvalue weighted by atomic mass is 19.3. The lowest BCUT2D eigenvalue weighted by molar-refractivity contribution is -0.139. The highest BCUT2D eigenvalue weighted by molar-refractivity contribution is 5.73. The zero-order chi connectivity index (χ0) is 13.7. The number of ether oxygens (including phenoxy) is 1. The number of carbonyl (C=O) groups excluding carboxylic acids is 1. The highest BCUT2D eigenvalue weighted by Gasteiger charge is 2.18. The molecule has 0 unspecified atom stereocenters. The second-order valence-electron chi connectivity index (χ2n) is 3.40. The number of hydrogen-bond acceptors (Lipinski definition) is 5. The van der Waals surface area contributed by atoms with Crippen molar-refractivity contribution in [3.05, 3.63) is 28.6 Å². The molecule has 0 saturated heterocycles. The third kappa shape index (κ3) is 2.99. The maximum atomic E-state index is 12.6. The van der Waals surface area contributed by atoms with Crippen LogP contribution in [-0.2, 0) is 22.5 Å². The van der Waals surface area contributed by atoms with Gasteiger partial charge in [-0.05, 0) is 11.6 Å². The molecule has 0 aromatic carbocycles. The molecule has 18 heavy (non-hydrogen) atoms. The van der Waals surface area contributed by atoms with Gasteiger partial charge >= 0.3 is 5.97 Å². The van der Waals surface area contributed by atoms with Crippen molar-refractivity contribution in [2.45, 2.75) is 19.4 Å². The average molecular weight is 255 g/mol. The number of nitrogens with two attached hydrogens (primary N) is 1. The van der Waals surface area contributed by atoms with Crippen molar-refractivity contribution in [2.75, 3.05) is 7.11 Å². The van der Waals surface area contributed by atoms with Crippen LogP contribution in [0.1, 0.15) is 28.9 Å². The number of esters is 1. The molecule has 1 aromatic rings. The van der Waals surface area contributed by atoms with Crippen molar-refractivity contribution in [3.63, 3.8) is 0 Å². The first-order valence-corrected chi connectivity index (χ1v) is 5.01. The van der Waals surface area contributed by atoms with Crippen LogP contribution in [0.15, 0.2) is 6.07 Å². The fraction of sp³-hybridized carbons (Fsp3) is 0.364. The van der Waals surface area contributed by atoms with Gasteiger partial charge in [-0.1, -0.05) is 0 Å². The van der Waals surface area contributed by atoms with Crippen molar-refractivity contribution in [1.82, 2.24) is 4.98 Å². The van der Waals surface area contributed by atoms with E-state index in [-0.39, 0.29) is 29.8 Å². The summed E-state index contributed by atoms with van der Waals surface area (Å²) < 4.78 is 29.7. The lowest BCUT2D eigenvalue weighted by Gasteiger charge is -2.10. The number of halogens is 2. The first kappa shape index (κ1) is 14.0. The Morgan fingerprint density at radius 3 is 2.78 bits per heavy atom. The minimum atomic E-state index is -2.82. The molecule has 1 aromatic heterocycles. The van der Waals surface area contributed by atoms with Crippen molar-refractivity contribution in [3.8, 4) is 6.07 Å². The molecule has 1 rings (SSSR count). The second-order valence-corrected chi connectivity index (χ2v) is 3.40. The summed E-state index contributed by atoms with van der Waals surface area (Å²) in [7, 11) is 1.19. The van der Waals surface area contributed by atoms with Gasteiger partial charge in [-0.25, -0.2) is 13.8 Å². The number of rotatable bonds is 4. The Morgan fingerprint density at radius 1 is 1.67 bits per heavy atom. The van der Waals surface area contributed by atoms with E-state index in [4.69, 9.17) is 11.0 Å². The standard InChI is InChI=1S/C11H11F2N3O2/c1-18-10(17)3-6-2-8(11(12)13)16-9(5-15)7(6)4-14/h2,11H,3-4,14H2,1H3. The smallest absolute Gasteiger partial charge is 0.309 e. The number of pyridine rings is 1. The van der Waals surface area contributed by atoms with Crippen LogP contribution in [0, 0.1) is 11.3 Å². The normalized spacial score (nSPS) is 10.2. The summed E-state index contributed by atoms with van der Waals surface area (Å²) in [5, 5.41) is 8.84. The average Bonchev–Trinajstić information content (AvgIpc) is 2.37. The number of nitrogens with zero attached hydrogens (tertiary/aromatic N) is 2. The molecule has 0 bridgehead atoms. The van der Waals surface area contributed by atoms with E-state index < -0.39 is 18.1 Å². The van der Waals surface area contributed by atoms with Gasteiger partial charge in [0.15, 0.2) is 0 Å². The van der Waals surface area contributed by atoms with E-state index in [1.807, 2.05) is 0 Å². The molecule has 0 radical (unpaired) electrons. The van der Waals surface area contributed by atoms with E-state index in [0.29, 0.717) is 0 Å². The van der Waals surface area contributed by atoms with Gasteiger partial charge in [0, 0.05) is 12.1 Å². The van der Waals surface area contributed by atoms with Crippen LogP contribution in [0.25, 0.3) is 0 Å². The van der Waals surface area contributed by atoms with Gasteiger partial charge in [0.25, 0.3) is 6.43 Å². The van der Waals surface area contributed by atoms with Gasteiger partial charge < -0.3 is 10.5 Å². The van der Waals surface area contributed by atoms with E-state index in [9.17, 15) is 13.6 Å². The van der Waals surface area contributed by atoms with Crippen LogP contribution in [0.5, 0.6) is 0 Å². The molecule has 2 N–H and O–H groups in total. The Bertz CT molecular complexity index is 498. The molecule has 0 aliphatic heterocycles. The molecule has 0 fully saturated rings. The Kier molecular flexibility index (Phi) is 4.68. The quantitative estimate of drug-likeness (QED) is 0.813. The predicted octanol–water partition coefficient (Wildman–Crippen LogP) is 1.07. The van der Waals surface area contributed by atoms with Crippen LogP contribution >= 0.6 is 0 Å². The van der Waals surface area contributed by atoms with Crippen LogP contribution in [0.2, 0.25) is 0 Å². The molecule has 0 saturated carbocycles. The topological polar surface area (TPSA) is 89.0 Å². The number of hydrogen-bond donors (Lipinski definition) is 1. The Morgan fingerprint density at radius 2 is 2.33 bits per heavy atom. The van der Waals surface area contributed by atoms with Gasteiger partial charge in [0.2, 0.25) is 0 Å². The molecular formula is C11H11F2N3O2. The minimum Gasteiger partial charge on any atom is -0.469 e. The van der Waals surface area contributed by atoms with Crippen molar-refractivity contribution < 1.29 is 18.3 Å². The first-order valence-electron chi connectivity index (χ1n) is 5.01. The summed E-state index contributed by atoms with van der Waals surface area (Å²) in [5.74, 6) is -0.597. The van der Waals surface area contributed by atoms with Crippen LogP contribution in [0.4, 0.5) is 8.78 Å². The zero-order valence-electron chi connectivity index (χ0n) is 9.61. The summed E-state index contributed by atoms with van der Waals surface area (Å²) in [6.07, 6.45) is -3.04. The largest absolute Gasteiger partial charge is 0.469 e. The Balaban J connectivity index is 3.32. The van der Waals surface area contributed by atoms with E-state index in [2.05, 4.69) is 9.72 Å². The summed E-state index contributed by atoms with van der Waals surface area (Å²) in [6.45, 7) is -0.0638. The highest BCUT2D eigenvalue weighted by Crippen LogP contribution is 2.22. The van der Waals surface area contributed by atoms with Crippen LogP contribution in [-0.4, -0.2) is 18.1 Å². The molecule has 96 valence electrons. The number of carbonyl (C=O) groups is 1. The molecule has 7 heteroatoms. The van der Waals surface area contributed by atoms with Gasteiger partial charge in [-0.3, -0.25) is 4.79 Å². The third-order valence-corrected chi connectivity index (χ3v) is 2.33. The number of aromatic nitrogens is 1. The summed E-state index contributed by atoms with van der Waals surface area (Å²) in [5.41, 5.74) is 5.23. The second kappa shape index (κ2) is 6.02. The molecule has 5 nitrogen and oxygen atoms in total. The number of methoxy groups -OCH3 is 1. The number of alkyl halides is 2. The van der Waals surface area contributed by atoms with E-state index in [0.717, 1.165) is 6.07 Å². The molecule has 0 aliphatic carbocycles. The SMILES string of the molecule is COC(=O)Cc1cc(C(F)F)nc(C#N)c1CN. The monoisotopic (exact) mass is 255 g/mol. The van der Waals surface area contributed by atoms with Gasteiger partial charge in [0.1, 0.15) is 17.5 Å². The molecular weight excluding hydrogens is 244 g/mol. The molecule has 0 amide bonds. The lowest BCUT2D eigenvalue weighted by Crippen LogP contribution is -2.13. The minimum absolute atomic E-state index is 0.0638. The Hall–Kier alpha value is -2.07. The first-order chi connectivity index (χ1) is 8.53. The van der Waals surface area contributed by atoms with E-state index in [1.54, 1.807) is 6.07 Å². The number of nitriles is 1. The zero-order valence-corrected chi connectivity index (χ0v) is 9.61. The summed E-state index contributed by atoms with van der Waals surface area (Å²) in [4.78, 5) is 14.7. The summed E-state index contributed by atoms with van der Waals surface area (Å²) in [6, 6.07) is 2.77. The lowest BCUT2D eigenvalue weighted by atomic mass is 10.0. The van der Waals surface area contributed by atoms with E-state index >= 15 is 0 Å².